The number of alkyl halides is 2. The van der Waals surface area contributed by atoms with Gasteiger partial charge in [-0.15, -0.1) is 0 Å². The Labute approximate surface area is 160 Å². The topological polar surface area (TPSA) is 79.8 Å². The number of nitrogens with one attached hydrogen (secondary N) is 2. The number of hydrogen-bond acceptors (Lipinski definition) is 4. The van der Waals surface area contributed by atoms with Crippen molar-refractivity contribution in [1.82, 2.24) is 10.6 Å². The third kappa shape index (κ3) is 7.70. The highest BCUT2D eigenvalue weighted by Gasteiger charge is 2.28. The SMILES string of the molecule is CCNC(=NCc1cc(C)ccc1OC(F)F)NCCS(=O)(=O)C(C)(C)C. The summed E-state index contributed by atoms with van der Waals surface area (Å²) in [6.45, 7) is 6.67. The third-order valence-corrected chi connectivity index (χ3v) is 6.39. The maximum Gasteiger partial charge on any atom is 0.387 e. The lowest BCUT2D eigenvalue weighted by atomic mass is 10.1. The Morgan fingerprint density at radius 2 is 1.93 bits per heavy atom. The molecule has 1 aromatic carbocycles. The van der Waals surface area contributed by atoms with Crippen LogP contribution >= 0.6 is 0 Å². The van der Waals surface area contributed by atoms with Gasteiger partial charge >= 0.3 is 6.61 Å². The molecule has 0 heterocycles. The van der Waals surface area contributed by atoms with Crippen molar-refractivity contribution in [3.63, 3.8) is 0 Å². The molecule has 0 saturated heterocycles. The molecule has 1 aromatic rings. The lowest BCUT2D eigenvalue weighted by Gasteiger charge is -2.20. The summed E-state index contributed by atoms with van der Waals surface area (Å²) in [6, 6.07) is 4.91. The van der Waals surface area contributed by atoms with Crippen LogP contribution < -0.4 is 15.4 Å². The summed E-state index contributed by atoms with van der Waals surface area (Å²) in [7, 11) is -3.25. The average Bonchev–Trinajstić information content (AvgIpc) is 2.53. The Kier molecular flexibility index (Phi) is 8.46. The van der Waals surface area contributed by atoms with E-state index in [1.807, 2.05) is 13.8 Å². The number of nitrogens with zero attached hydrogens (tertiary/aromatic N) is 1. The lowest BCUT2D eigenvalue weighted by molar-refractivity contribution is -0.0504. The summed E-state index contributed by atoms with van der Waals surface area (Å²) in [5, 5.41) is 5.97. The van der Waals surface area contributed by atoms with Crippen molar-refractivity contribution < 1.29 is 21.9 Å². The molecule has 0 bridgehead atoms. The van der Waals surface area contributed by atoms with Crippen molar-refractivity contribution in [2.24, 2.45) is 4.99 Å². The third-order valence-electron chi connectivity index (χ3n) is 3.78. The molecule has 9 heteroatoms. The van der Waals surface area contributed by atoms with Gasteiger partial charge in [0.15, 0.2) is 15.8 Å². The number of hydrogen-bond donors (Lipinski definition) is 2. The van der Waals surface area contributed by atoms with Gasteiger partial charge in [-0.3, -0.25) is 0 Å². The molecule has 154 valence electrons. The molecular weight excluding hydrogens is 376 g/mol. The molecule has 1 rings (SSSR count). The van der Waals surface area contributed by atoms with Crippen LogP contribution in [0.2, 0.25) is 0 Å². The standard InChI is InChI=1S/C18H29F2N3O3S/c1-6-21-17(22-9-10-27(24,25)18(3,4)5)23-12-14-11-13(2)7-8-15(14)26-16(19)20/h7-8,11,16H,6,9-10,12H2,1-5H3,(H2,21,22,23). The number of sulfone groups is 1. The molecular formula is C18H29F2N3O3S. The molecule has 0 aromatic heterocycles. The van der Waals surface area contributed by atoms with Crippen LogP contribution in [0.4, 0.5) is 8.78 Å². The molecule has 0 unspecified atom stereocenters. The number of ether oxygens (including phenoxy) is 1. The number of benzene rings is 1. The van der Waals surface area contributed by atoms with Crippen LogP contribution in [0.3, 0.4) is 0 Å². The number of guanidine groups is 1. The first-order valence-electron chi connectivity index (χ1n) is 8.75. The first kappa shape index (κ1) is 23.1. The molecule has 0 amide bonds. The predicted molar refractivity (Wildman–Crippen MR) is 104 cm³/mol. The smallest absolute Gasteiger partial charge is 0.387 e. The number of halogens is 2. The van der Waals surface area contributed by atoms with E-state index >= 15 is 0 Å². The number of aliphatic imine (C=N–C) groups is 1. The van der Waals surface area contributed by atoms with E-state index in [1.54, 1.807) is 32.9 Å². The van der Waals surface area contributed by atoms with Gasteiger partial charge in [0.2, 0.25) is 0 Å². The van der Waals surface area contributed by atoms with E-state index in [4.69, 9.17) is 0 Å². The normalized spacial score (nSPS) is 13.0. The second kappa shape index (κ2) is 9.87. The molecule has 6 nitrogen and oxygen atoms in total. The molecule has 0 saturated carbocycles. The van der Waals surface area contributed by atoms with Gasteiger partial charge in [0.05, 0.1) is 17.0 Å². The lowest BCUT2D eigenvalue weighted by Crippen LogP contribution is -2.41. The summed E-state index contributed by atoms with van der Waals surface area (Å²) < 4.78 is 53.2. The number of aryl methyl sites for hydroxylation is 1. The van der Waals surface area contributed by atoms with E-state index in [-0.39, 0.29) is 24.6 Å². The van der Waals surface area contributed by atoms with Crippen LogP contribution in [0.15, 0.2) is 23.2 Å². The van der Waals surface area contributed by atoms with Crippen molar-refractivity contribution in [1.29, 1.82) is 0 Å². The summed E-state index contributed by atoms with van der Waals surface area (Å²) in [5.74, 6) is 0.446. The van der Waals surface area contributed by atoms with E-state index in [0.717, 1.165) is 5.56 Å². The minimum Gasteiger partial charge on any atom is -0.434 e. The first-order valence-corrected chi connectivity index (χ1v) is 10.4. The average molecular weight is 406 g/mol. The molecule has 0 aliphatic carbocycles. The Morgan fingerprint density at radius 3 is 2.48 bits per heavy atom. The molecule has 27 heavy (non-hydrogen) atoms. The second-order valence-corrected chi connectivity index (χ2v) is 9.91. The maximum atomic E-state index is 12.6. The van der Waals surface area contributed by atoms with Crippen LogP contribution in [0.1, 0.15) is 38.8 Å². The summed E-state index contributed by atoms with van der Waals surface area (Å²) in [5.41, 5.74) is 1.42. The predicted octanol–water partition coefficient (Wildman–Crippen LogP) is 2.86. The Hall–Kier alpha value is -1.90. The minimum absolute atomic E-state index is 0.0366. The van der Waals surface area contributed by atoms with Crippen molar-refractivity contribution in [3.05, 3.63) is 29.3 Å². The molecule has 2 N–H and O–H groups in total. The molecule has 0 radical (unpaired) electrons. The van der Waals surface area contributed by atoms with Crippen LogP contribution in [0.25, 0.3) is 0 Å². The fourth-order valence-electron chi connectivity index (χ4n) is 2.16. The Balaban J connectivity index is 2.84. The van der Waals surface area contributed by atoms with Gasteiger partial charge in [-0.2, -0.15) is 8.78 Å². The van der Waals surface area contributed by atoms with Crippen LogP contribution in [-0.2, 0) is 16.4 Å². The maximum absolute atomic E-state index is 12.6. The fraction of sp³-hybridized carbons (Fsp3) is 0.611. The fourth-order valence-corrected chi connectivity index (χ4v) is 3.14. The van der Waals surface area contributed by atoms with E-state index in [0.29, 0.717) is 18.1 Å². The Bertz CT molecular complexity index is 745. The van der Waals surface area contributed by atoms with E-state index in [1.165, 1.54) is 6.07 Å². The number of rotatable bonds is 8. The van der Waals surface area contributed by atoms with Crippen LogP contribution in [-0.4, -0.2) is 44.6 Å². The summed E-state index contributed by atoms with van der Waals surface area (Å²) in [4.78, 5) is 4.35. The Morgan fingerprint density at radius 1 is 1.26 bits per heavy atom. The van der Waals surface area contributed by atoms with Crippen molar-refractivity contribution in [3.8, 4) is 5.75 Å². The van der Waals surface area contributed by atoms with E-state index in [2.05, 4.69) is 20.4 Å². The molecule has 0 atom stereocenters. The minimum atomic E-state index is -3.25. The quantitative estimate of drug-likeness (QED) is 0.514. The van der Waals surface area contributed by atoms with Gasteiger partial charge in [-0.25, -0.2) is 13.4 Å². The van der Waals surface area contributed by atoms with Crippen LogP contribution in [0.5, 0.6) is 5.75 Å². The summed E-state index contributed by atoms with van der Waals surface area (Å²) in [6.07, 6.45) is 0. The van der Waals surface area contributed by atoms with Crippen molar-refractivity contribution >= 4 is 15.8 Å². The summed E-state index contributed by atoms with van der Waals surface area (Å²) >= 11 is 0. The molecule has 0 spiro atoms. The van der Waals surface area contributed by atoms with Gasteiger partial charge in [-0.05, 0) is 40.7 Å². The zero-order valence-corrected chi connectivity index (χ0v) is 17.3. The van der Waals surface area contributed by atoms with Gasteiger partial charge in [0.1, 0.15) is 5.75 Å². The highest BCUT2D eigenvalue weighted by atomic mass is 32.2. The molecule has 0 aliphatic heterocycles. The van der Waals surface area contributed by atoms with Crippen LogP contribution in [0, 0.1) is 6.92 Å². The first-order chi connectivity index (χ1) is 12.5. The molecule has 0 aliphatic rings. The van der Waals surface area contributed by atoms with Gasteiger partial charge in [0, 0.05) is 18.7 Å². The zero-order valence-electron chi connectivity index (χ0n) is 16.5. The monoisotopic (exact) mass is 405 g/mol. The highest BCUT2D eigenvalue weighted by Crippen LogP contribution is 2.23. The molecule has 0 fully saturated rings. The second-order valence-electron chi connectivity index (χ2n) is 7.04. The highest BCUT2D eigenvalue weighted by molar-refractivity contribution is 7.92. The van der Waals surface area contributed by atoms with Gasteiger partial charge < -0.3 is 15.4 Å². The van der Waals surface area contributed by atoms with Crippen molar-refractivity contribution in [2.75, 3.05) is 18.8 Å². The van der Waals surface area contributed by atoms with E-state index < -0.39 is 21.2 Å². The zero-order chi connectivity index (χ0) is 20.7. The van der Waals surface area contributed by atoms with Crippen molar-refractivity contribution in [2.45, 2.75) is 52.5 Å². The van der Waals surface area contributed by atoms with Gasteiger partial charge in [0.25, 0.3) is 0 Å². The van der Waals surface area contributed by atoms with E-state index in [9.17, 15) is 17.2 Å². The largest absolute Gasteiger partial charge is 0.434 e. The van der Waals surface area contributed by atoms with Gasteiger partial charge in [-0.1, -0.05) is 17.7 Å².